The Bertz CT molecular complexity index is 1540. The molecule has 0 aliphatic carbocycles. The lowest BCUT2D eigenvalue weighted by atomic mass is 10.1. The molecule has 0 bridgehead atoms. The first-order valence-electron chi connectivity index (χ1n) is 10.4. The Labute approximate surface area is 194 Å². The Morgan fingerprint density at radius 3 is 2.24 bits per heavy atom. The molecule has 0 aliphatic heterocycles. The van der Waals surface area contributed by atoms with Crippen LogP contribution in [-0.4, -0.2) is 41.3 Å². The lowest BCUT2D eigenvalue weighted by molar-refractivity contribution is 0.394. The van der Waals surface area contributed by atoms with Crippen LogP contribution in [0.25, 0.3) is 39.4 Å². The predicted molar refractivity (Wildman–Crippen MR) is 126 cm³/mol. The van der Waals surface area contributed by atoms with Gasteiger partial charge in [0.15, 0.2) is 5.69 Å². The van der Waals surface area contributed by atoms with Crippen LogP contribution in [0.4, 0.5) is 0 Å². The number of rotatable bonds is 6. The first kappa shape index (κ1) is 21.2. The van der Waals surface area contributed by atoms with Crippen LogP contribution in [0.1, 0.15) is 0 Å². The summed E-state index contributed by atoms with van der Waals surface area (Å²) < 4.78 is 22.8. The smallest absolute Gasteiger partial charge is 0.279 e. The zero-order valence-corrected chi connectivity index (χ0v) is 18.7. The number of aromatic nitrogens is 4. The van der Waals surface area contributed by atoms with E-state index in [1.807, 2.05) is 6.07 Å². The van der Waals surface area contributed by atoms with Crippen LogP contribution in [0.2, 0.25) is 0 Å². The molecule has 0 saturated heterocycles. The minimum Gasteiger partial charge on any atom is -0.497 e. The van der Waals surface area contributed by atoms with Gasteiger partial charge in [-0.1, -0.05) is 23.4 Å². The number of nitrogens with zero attached hydrogens (tertiary/aromatic N) is 4. The topological polar surface area (TPSA) is 102 Å². The molecule has 0 radical (unpaired) electrons. The van der Waals surface area contributed by atoms with Crippen LogP contribution in [0.15, 0.2) is 76.0 Å². The summed E-state index contributed by atoms with van der Waals surface area (Å²) in [5, 5.41) is 9.80. The van der Waals surface area contributed by atoms with E-state index in [-0.39, 0.29) is 11.4 Å². The molecule has 9 nitrogen and oxygen atoms in total. The minimum atomic E-state index is -0.263. The Morgan fingerprint density at radius 1 is 0.824 bits per heavy atom. The Hall–Kier alpha value is -4.66. The maximum atomic E-state index is 13.2. The molecule has 5 aromatic rings. The van der Waals surface area contributed by atoms with Crippen molar-refractivity contribution in [2.75, 3.05) is 21.3 Å². The van der Waals surface area contributed by atoms with Crippen LogP contribution in [0, 0.1) is 0 Å². The van der Waals surface area contributed by atoms with Crippen molar-refractivity contribution < 1.29 is 18.7 Å². The van der Waals surface area contributed by atoms with Crippen molar-refractivity contribution in [3.8, 4) is 45.9 Å². The second-order valence-electron chi connectivity index (χ2n) is 7.30. The van der Waals surface area contributed by atoms with Gasteiger partial charge in [0.2, 0.25) is 5.82 Å². The Balaban J connectivity index is 1.67. The van der Waals surface area contributed by atoms with Gasteiger partial charge in [0.1, 0.15) is 17.2 Å². The standard InChI is InChI=1S/C25H20N4O5/c1-31-16-10-8-15(9-11-16)29-25(30)19-7-5-4-6-18(19)22(27-29)24-26-23(28-34-24)20-13-12-17(32-2)14-21(20)33-3/h4-14H,1-3H3. The number of hydrogen-bond donors (Lipinski definition) is 0. The van der Waals surface area contributed by atoms with Crippen molar-refractivity contribution in [2.24, 2.45) is 0 Å². The number of ether oxygens (including phenoxy) is 3. The third kappa shape index (κ3) is 3.62. The maximum absolute atomic E-state index is 13.2. The fourth-order valence-corrected chi connectivity index (χ4v) is 3.66. The quantitative estimate of drug-likeness (QED) is 0.376. The van der Waals surface area contributed by atoms with Gasteiger partial charge in [0.25, 0.3) is 11.4 Å². The number of fused-ring (bicyclic) bond motifs is 1. The third-order valence-corrected chi connectivity index (χ3v) is 5.40. The average Bonchev–Trinajstić information content (AvgIpc) is 3.38. The van der Waals surface area contributed by atoms with Gasteiger partial charge in [0.05, 0.1) is 38.0 Å². The van der Waals surface area contributed by atoms with E-state index in [4.69, 9.17) is 18.7 Å². The lowest BCUT2D eigenvalue weighted by Gasteiger charge is -2.09. The van der Waals surface area contributed by atoms with Crippen molar-refractivity contribution in [1.82, 2.24) is 19.9 Å². The fourth-order valence-electron chi connectivity index (χ4n) is 3.66. The van der Waals surface area contributed by atoms with Crippen molar-refractivity contribution >= 4 is 10.8 Å². The average molecular weight is 456 g/mol. The number of methoxy groups -OCH3 is 3. The van der Waals surface area contributed by atoms with E-state index in [1.54, 1.807) is 82.0 Å². The summed E-state index contributed by atoms with van der Waals surface area (Å²) in [6.07, 6.45) is 0. The Kier molecular flexibility index (Phi) is 5.43. The van der Waals surface area contributed by atoms with E-state index in [1.165, 1.54) is 4.68 Å². The molecule has 0 fully saturated rings. The van der Waals surface area contributed by atoms with Crippen LogP contribution >= 0.6 is 0 Å². The highest BCUT2D eigenvalue weighted by Crippen LogP contribution is 2.33. The molecule has 0 N–H and O–H groups in total. The summed E-state index contributed by atoms with van der Waals surface area (Å²) in [6, 6.07) is 19.5. The van der Waals surface area contributed by atoms with E-state index in [0.29, 0.717) is 50.8 Å². The molecule has 3 aromatic carbocycles. The van der Waals surface area contributed by atoms with Gasteiger partial charge < -0.3 is 18.7 Å². The molecule has 9 heteroatoms. The van der Waals surface area contributed by atoms with Crippen LogP contribution in [0.5, 0.6) is 17.2 Å². The molecule has 0 amide bonds. The zero-order chi connectivity index (χ0) is 23.7. The highest BCUT2D eigenvalue weighted by molar-refractivity contribution is 5.92. The first-order chi connectivity index (χ1) is 16.6. The van der Waals surface area contributed by atoms with E-state index in [9.17, 15) is 4.79 Å². The molecule has 0 unspecified atom stereocenters. The fraction of sp³-hybridized carbons (Fsp3) is 0.120. The molecule has 2 heterocycles. The van der Waals surface area contributed by atoms with Crippen molar-refractivity contribution in [1.29, 1.82) is 0 Å². The molecule has 0 atom stereocenters. The highest BCUT2D eigenvalue weighted by Gasteiger charge is 2.20. The molecular weight excluding hydrogens is 436 g/mol. The predicted octanol–water partition coefficient (Wildman–Crippen LogP) is 4.13. The maximum Gasteiger partial charge on any atom is 0.279 e. The SMILES string of the molecule is COc1ccc(-n2nc(-c3nc(-c4ccc(OC)cc4OC)no3)c3ccccc3c2=O)cc1. The first-order valence-corrected chi connectivity index (χ1v) is 10.4. The van der Waals surface area contributed by atoms with Gasteiger partial charge in [-0.15, -0.1) is 0 Å². The highest BCUT2D eigenvalue weighted by atomic mass is 16.5. The second kappa shape index (κ2) is 8.70. The Morgan fingerprint density at radius 2 is 1.53 bits per heavy atom. The van der Waals surface area contributed by atoms with Crippen LogP contribution in [0.3, 0.4) is 0 Å². The summed E-state index contributed by atoms with van der Waals surface area (Å²) in [5.74, 6) is 2.35. The summed E-state index contributed by atoms with van der Waals surface area (Å²) in [6.45, 7) is 0. The van der Waals surface area contributed by atoms with E-state index < -0.39 is 0 Å². The molecule has 0 aliphatic rings. The van der Waals surface area contributed by atoms with Gasteiger partial charge >= 0.3 is 0 Å². The van der Waals surface area contributed by atoms with E-state index in [2.05, 4.69) is 15.2 Å². The molecule has 170 valence electrons. The molecule has 0 saturated carbocycles. The zero-order valence-electron chi connectivity index (χ0n) is 18.7. The second-order valence-corrected chi connectivity index (χ2v) is 7.30. The van der Waals surface area contributed by atoms with Gasteiger partial charge in [0, 0.05) is 11.5 Å². The van der Waals surface area contributed by atoms with E-state index in [0.717, 1.165) is 0 Å². The van der Waals surface area contributed by atoms with Crippen molar-refractivity contribution in [3.05, 3.63) is 77.1 Å². The summed E-state index contributed by atoms with van der Waals surface area (Å²) in [5.41, 5.74) is 1.33. The summed E-state index contributed by atoms with van der Waals surface area (Å²) in [7, 11) is 4.72. The number of hydrogen-bond acceptors (Lipinski definition) is 8. The van der Waals surface area contributed by atoms with Crippen LogP contribution < -0.4 is 19.8 Å². The molecule has 0 spiro atoms. The van der Waals surface area contributed by atoms with Gasteiger partial charge in [-0.05, 0) is 42.5 Å². The van der Waals surface area contributed by atoms with E-state index >= 15 is 0 Å². The molecule has 2 aromatic heterocycles. The largest absolute Gasteiger partial charge is 0.497 e. The number of benzene rings is 3. The molecule has 5 rings (SSSR count). The van der Waals surface area contributed by atoms with Crippen molar-refractivity contribution in [3.63, 3.8) is 0 Å². The van der Waals surface area contributed by atoms with Gasteiger partial charge in [-0.2, -0.15) is 14.8 Å². The van der Waals surface area contributed by atoms with Gasteiger partial charge in [-0.3, -0.25) is 4.79 Å². The monoisotopic (exact) mass is 456 g/mol. The molecule has 34 heavy (non-hydrogen) atoms. The summed E-state index contributed by atoms with van der Waals surface area (Å²) in [4.78, 5) is 17.8. The third-order valence-electron chi connectivity index (χ3n) is 5.40. The van der Waals surface area contributed by atoms with Crippen LogP contribution in [-0.2, 0) is 0 Å². The minimum absolute atomic E-state index is 0.173. The normalized spacial score (nSPS) is 10.9. The molecular formula is C25H20N4O5. The van der Waals surface area contributed by atoms with Crippen molar-refractivity contribution in [2.45, 2.75) is 0 Å². The van der Waals surface area contributed by atoms with Gasteiger partial charge in [-0.25, -0.2) is 0 Å². The lowest BCUT2D eigenvalue weighted by Crippen LogP contribution is -2.22. The summed E-state index contributed by atoms with van der Waals surface area (Å²) >= 11 is 0.